The van der Waals surface area contributed by atoms with Gasteiger partial charge in [-0.05, 0) is 42.8 Å². The number of hydrogen-bond donors (Lipinski definition) is 1. The van der Waals surface area contributed by atoms with Gasteiger partial charge in [-0.2, -0.15) is 0 Å². The Balaban J connectivity index is 1.88. The van der Waals surface area contributed by atoms with Crippen LogP contribution < -0.4 is 19.2 Å². The van der Waals surface area contributed by atoms with Crippen LogP contribution in [0, 0.1) is 6.92 Å². The molecule has 0 bridgehead atoms. The maximum atomic E-state index is 12.6. The number of fused-ring (bicyclic) bond motifs is 1. The summed E-state index contributed by atoms with van der Waals surface area (Å²) in [5, 5.41) is 2.70. The van der Waals surface area contributed by atoms with E-state index in [1.54, 1.807) is 43.4 Å². The Labute approximate surface area is 172 Å². The Morgan fingerprint density at radius 2 is 1.97 bits per heavy atom. The average Bonchev–Trinajstić information content (AvgIpc) is 2.92. The molecule has 1 N–H and O–H groups in total. The number of benzene rings is 2. The highest BCUT2D eigenvalue weighted by molar-refractivity contribution is 7.92. The van der Waals surface area contributed by atoms with Crippen LogP contribution in [0.3, 0.4) is 0 Å². The molecule has 0 unspecified atom stereocenters. The number of nitrogens with one attached hydrogen (secondary N) is 1. The Bertz CT molecular complexity index is 1240. The van der Waals surface area contributed by atoms with Crippen LogP contribution in [-0.2, 0) is 21.9 Å². The van der Waals surface area contributed by atoms with Crippen molar-refractivity contribution in [2.45, 2.75) is 6.92 Å². The standard InChI is InChI=1S/C19H21N3O5S2/c1-12-5-8-16(27-3)15(9-12)22(29(4,25)26)11-18(23)20-13-6-7-14-17(10-13)28-19(24)21(14)2/h5-10H,11H2,1-4H3,(H,20,23). The topological polar surface area (TPSA) is 97.7 Å². The van der Waals surface area contributed by atoms with Crippen LogP contribution in [0.4, 0.5) is 11.4 Å². The number of amides is 1. The molecule has 0 saturated carbocycles. The molecule has 1 amide bonds. The summed E-state index contributed by atoms with van der Waals surface area (Å²) in [6.45, 7) is 1.41. The number of thiazole rings is 1. The first-order valence-corrected chi connectivity index (χ1v) is 11.3. The average molecular weight is 436 g/mol. The summed E-state index contributed by atoms with van der Waals surface area (Å²) >= 11 is 1.07. The Hall–Kier alpha value is -2.85. The fourth-order valence-corrected chi connectivity index (χ4v) is 4.69. The summed E-state index contributed by atoms with van der Waals surface area (Å²) in [6.07, 6.45) is 1.04. The molecule has 1 aromatic heterocycles. The molecular formula is C19H21N3O5S2. The molecule has 2 aromatic carbocycles. The van der Waals surface area contributed by atoms with Gasteiger partial charge in [0.1, 0.15) is 12.3 Å². The number of hydrogen-bond acceptors (Lipinski definition) is 6. The molecule has 0 spiro atoms. The van der Waals surface area contributed by atoms with Crippen LogP contribution >= 0.6 is 11.3 Å². The van der Waals surface area contributed by atoms with Crippen molar-refractivity contribution in [3.8, 4) is 5.75 Å². The molecule has 0 aliphatic heterocycles. The number of aromatic nitrogens is 1. The lowest BCUT2D eigenvalue weighted by molar-refractivity contribution is -0.114. The first-order chi connectivity index (χ1) is 13.6. The minimum Gasteiger partial charge on any atom is -0.495 e. The molecule has 154 valence electrons. The molecule has 1 heterocycles. The first-order valence-electron chi connectivity index (χ1n) is 8.62. The van der Waals surface area contributed by atoms with E-state index in [0.29, 0.717) is 17.1 Å². The van der Waals surface area contributed by atoms with Crippen molar-refractivity contribution in [2.24, 2.45) is 7.05 Å². The fraction of sp³-hybridized carbons (Fsp3) is 0.263. The number of nitrogens with zero attached hydrogens (tertiary/aromatic N) is 2. The summed E-state index contributed by atoms with van der Waals surface area (Å²) in [6, 6.07) is 10.2. The van der Waals surface area contributed by atoms with E-state index in [1.165, 1.54) is 11.7 Å². The smallest absolute Gasteiger partial charge is 0.307 e. The van der Waals surface area contributed by atoms with Gasteiger partial charge in [0, 0.05) is 12.7 Å². The predicted molar refractivity (Wildman–Crippen MR) is 116 cm³/mol. The number of sulfonamides is 1. The van der Waals surface area contributed by atoms with Crippen molar-refractivity contribution in [1.29, 1.82) is 0 Å². The highest BCUT2D eigenvalue weighted by Crippen LogP contribution is 2.31. The van der Waals surface area contributed by atoms with Crippen LogP contribution in [-0.4, -0.2) is 38.8 Å². The minimum atomic E-state index is -3.74. The third-order valence-corrected chi connectivity index (χ3v) is 6.49. The van der Waals surface area contributed by atoms with E-state index in [4.69, 9.17) is 4.74 Å². The van der Waals surface area contributed by atoms with Crippen molar-refractivity contribution >= 4 is 48.9 Å². The Morgan fingerprint density at radius 1 is 1.24 bits per heavy atom. The first kappa shape index (κ1) is 20.9. The Morgan fingerprint density at radius 3 is 2.62 bits per heavy atom. The number of carbonyl (C=O) groups excluding carboxylic acids is 1. The summed E-state index contributed by atoms with van der Waals surface area (Å²) < 4.78 is 33.3. The van der Waals surface area contributed by atoms with E-state index in [-0.39, 0.29) is 4.87 Å². The third kappa shape index (κ3) is 4.43. The summed E-state index contributed by atoms with van der Waals surface area (Å²) in [5.41, 5.74) is 2.37. The second-order valence-electron chi connectivity index (χ2n) is 6.60. The monoisotopic (exact) mass is 435 g/mol. The second-order valence-corrected chi connectivity index (χ2v) is 9.50. The second kappa shape index (κ2) is 7.88. The van der Waals surface area contributed by atoms with E-state index >= 15 is 0 Å². The molecule has 0 atom stereocenters. The van der Waals surface area contributed by atoms with Crippen molar-refractivity contribution < 1.29 is 17.9 Å². The van der Waals surface area contributed by atoms with Crippen molar-refractivity contribution in [1.82, 2.24) is 4.57 Å². The zero-order valence-corrected chi connectivity index (χ0v) is 18.1. The van der Waals surface area contributed by atoms with Crippen molar-refractivity contribution in [3.05, 3.63) is 51.6 Å². The van der Waals surface area contributed by atoms with E-state index in [2.05, 4.69) is 5.32 Å². The highest BCUT2D eigenvalue weighted by Gasteiger charge is 2.24. The third-order valence-electron chi connectivity index (χ3n) is 4.37. The van der Waals surface area contributed by atoms with Gasteiger partial charge < -0.3 is 14.6 Å². The van der Waals surface area contributed by atoms with Gasteiger partial charge in [0.25, 0.3) is 0 Å². The van der Waals surface area contributed by atoms with Gasteiger partial charge in [-0.25, -0.2) is 8.42 Å². The molecule has 0 aliphatic rings. The van der Waals surface area contributed by atoms with Gasteiger partial charge in [-0.1, -0.05) is 17.4 Å². The SMILES string of the molecule is COc1ccc(C)cc1N(CC(=O)Nc1ccc2c(c1)sc(=O)n2C)S(C)(=O)=O. The fourth-order valence-electron chi connectivity index (χ4n) is 2.92. The normalized spacial score (nSPS) is 11.4. The van der Waals surface area contributed by atoms with E-state index in [1.807, 2.05) is 6.92 Å². The highest BCUT2D eigenvalue weighted by atomic mass is 32.2. The molecule has 0 radical (unpaired) electrons. The number of anilines is 2. The quantitative estimate of drug-likeness (QED) is 0.641. The number of aryl methyl sites for hydroxylation is 2. The lowest BCUT2D eigenvalue weighted by Gasteiger charge is -2.24. The molecular weight excluding hydrogens is 414 g/mol. The molecule has 10 heteroatoms. The van der Waals surface area contributed by atoms with Crippen LogP contribution in [0.2, 0.25) is 0 Å². The molecule has 8 nitrogen and oxygen atoms in total. The van der Waals surface area contributed by atoms with E-state index in [9.17, 15) is 18.0 Å². The summed E-state index contributed by atoms with van der Waals surface area (Å²) in [7, 11) is -0.623. The van der Waals surface area contributed by atoms with Gasteiger partial charge in [-0.15, -0.1) is 0 Å². The van der Waals surface area contributed by atoms with Gasteiger partial charge in [0.05, 0.1) is 29.3 Å². The molecule has 0 aliphatic carbocycles. The maximum absolute atomic E-state index is 12.6. The lowest BCUT2D eigenvalue weighted by atomic mass is 10.2. The molecule has 29 heavy (non-hydrogen) atoms. The number of carbonyl (C=O) groups is 1. The van der Waals surface area contributed by atoms with Crippen LogP contribution in [0.15, 0.2) is 41.2 Å². The summed E-state index contributed by atoms with van der Waals surface area (Å²) in [5.74, 6) is -0.161. The van der Waals surface area contributed by atoms with Crippen molar-refractivity contribution in [3.63, 3.8) is 0 Å². The van der Waals surface area contributed by atoms with Crippen LogP contribution in [0.1, 0.15) is 5.56 Å². The van der Waals surface area contributed by atoms with Gasteiger partial charge in [-0.3, -0.25) is 13.9 Å². The van der Waals surface area contributed by atoms with Crippen molar-refractivity contribution in [2.75, 3.05) is 29.5 Å². The summed E-state index contributed by atoms with van der Waals surface area (Å²) in [4.78, 5) is 24.3. The predicted octanol–water partition coefficient (Wildman–Crippen LogP) is 2.32. The zero-order chi connectivity index (χ0) is 21.3. The zero-order valence-electron chi connectivity index (χ0n) is 16.4. The number of rotatable bonds is 6. The van der Waals surface area contributed by atoms with Gasteiger partial charge >= 0.3 is 4.87 Å². The van der Waals surface area contributed by atoms with E-state index < -0.39 is 22.5 Å². The number of ether oxygens (including phenoxy) is 1. The minimum absolute atomic E-state index is 0.0988. The maximum Gasteiger partial charge on any atom is 0.307 e. The number of methoxy groups -OCH3 is 1. The molecule has 0 fully saturated rings. The molecule has 3 aromatic rings. The van der Waals surface area contributed by atoms with E-state index in [0.717, 1.165) is 37.7 Å². The van der Waals surface area contributed by atoms with Gasteiger partial charge in [0.2, 0.25) is 15.9 Å². The van der Waals surface area contributed by atoms with Crippen LogP contribution in [0.25, 0.3) is 10.2 Å². The van der Waals surface area contributed by atoms with Crippen LogP contribution in [0.5, 0.6) is 5.75 Å². The lowest BCUT2D eigenvalue weighted by Crippen LogP contribution is -2.37. The largest absolute Gasteiger partial charge is 0.495 e. The van der Waals surface area contributed by atoms with Gasteiger partial charge in [0.15, 0.2) is 0 Å². The Kier molecular flexibility index (Phi) is 5.67. The molecule has 0 saturated heterocycles. The molecule has 3 rings (SSSR count).